The molecule has 1 aliphatic rings. The van der Waals surface area contributed by atoms with E-state index in [0.717, 1.165) is 32.5 Å². The van der Waals surface area contributed by atoms with Crippen LogP contribution in [-0.2, 0) is 11.2 Å². The topological polar surface area (TPSA) is 32.3 Å². The van der Waals surface area contributed by atoms with Crippen molar-refractivity contribution in [1.29, 1.82) is 0 Å². The van der Waals surface area contributed by atoms with E-state index in [1.54, 1.807) is 0 Å². The molecule has 0 spiro atoms. The maximum atomic E-state index is 12.4. The van der Waals surface area contributed by atoms with Crippen LogP contribution in [-0.4, -0.2) is 36.5 Å². The van der Waals surface area contributed by atoms with E-state index < -0.39 is 0 Å². The third kappa shape index (κ3) is 4.64. The first-order valence-corrected chi connectivity index (χ1v) is 7.84. The molecule has 1 aliphatic heterocycles. The van der Waals surface area contributed by atoms with Gasteiger partial charge in [0.15, 0.2) is 0 Å². The van der Waals surface area contributed by atoms with Crippen LogP contribution in [0.25, 0.3) is 0 Å². The van der Waals surface area contributed by atoms with E-state index in [0.29, 0.717) is 18.4 Å². The Morgan fingerprint density at radius 2 is 2.15 bits per heavy atom. The Morgan fingerprint density at radius 3 is 2.80 bits per heavy atom. The number of nitrogens with zero attached hydrogens (tertiary/aromatic N) is 1. The molecule has 1 atom stereocenters. The zero-order valence-corrected chi connectivity index (χ0v) is 12.5. The number of aryl methyl sites for hydroxylation is 1. The van der Waals surface area contributed by atoms with Crippen LogP contribution in [0, 0.1) is 0 Å². The van der Waals surface area contributed by atoms with Crippen molar-refractivity contribution in [2.45, 2.75) is 45.1 Å². The Balaban J connectivity index is 1.82. The number of hydrogen-bond donors (Lipinski definition) is 1. The first-order chi connectivity index (χ1) is 9.79. The Bertz CT molecular complexity index is 399. The average molecular weight is 274 g/mol. The summed E-state index contributed by atoms with van der Waals surface area (Å²) in [5.74, 6) is 0.296. The molecule has 1 unspecified atom stereocenters. The lowest BCUT2D eigenvalue weighted by Gasteiger charge is -2.25. The van der Waals surface area contributed by atoms with Gasteiger partial charge in [-0.15, -0.1) is 0 Å². The summed E-state index contributed by atoms with van der Waals surface area (Å²) in [5, 5.41) is 3.48. The Hall–Kier alpha value is -1.35. The van der Waals surface area contributed by atoms with Crippen LogP contribution < -0.4 is 5.32 Å². The number of hydrogen-bond acceptors (Lipinski definition) is 2. The second-order valence-corrected chi connectivity index (χ2v) is 5.62. The number of carbonyl (C=O) groups excluding carboxylic acids is 1. The molecule has 20 heavy (non-hydrogen) atoms. The van der Waals surface area contributed by atoms with E-state index in [9.17, 15) is 4.79 Å². The van der Waals surface area contributed by atoms with Crippen molar-refractivity contribution in [2.75, 3.05) is 19.6 Å². The Labute approximate surface area is 122 Å². The van der Waals surface area contributed by atoms with Crippen LogP contribution in [0.15, 0.2) is 30.3 Å². The van der Waals surface area contributed by atoms with Crippen molar-refractivity contribution in [3.8, 4) is 0 Å². The zero-order chi connectivity index (χ0) is 14.2. The highest BCUT2D eigenvalue weighted by Crippen LogP contribution is 2.10. The van der Waals surface area contributed by atoms with Crippen molar-refractivity contribution >= 4 is 5.91 Å². The fraction of sp³-hybridized carbons (Fsp3) is 0.588. The van der Waals surface area contributed by atoms with Crippen molar-refractivity contribution in [3.63, 3.8) is 0 Å². The maximum absolute atomic E-state index is 12.4. The lowest BCUT2D eigenvalue weighted by molar-refractivity contribution is -0.131. The number of rotatable bonds is 7. The molecule has 3 nitrogen and oxygen atoms in total. The fourth-order valence-electron chi connectivity index (χ4n) is 2.82. The normalized spacial score (nSPS) is 18.1. The lowest BCUT2D eigenvalue weighted by Crippen LogP contribution is -2.41. The van der Waals surface area contributed by atoms with Gasteiger partial charge in [0.2, 0.25) is 5.91 Å². The molecule has 1 saturated heterocycles. The molecule has 0 aliphatic carbocycles. The van der Waals surface area contributed by atoms with Gasteiger partial charge in [0, 0.05) is 25.6 Å². The SMILES string of the molecule is CCCN(CC1CCCN1)C(=O)CCc1ccccc1. The number of nitrogens with one attached hydrogen (secondary N) is 1. The summed E-state index contributed by atoms with van der Waals surface area (Å²) in [5.41, 5.74) is 1.25. The monoisotopic (exact) mass is 274 g/mol. The van der Waals surface area contributed by atoms with Gasteiger partial charge in [-0.1, -0.05) is 37.3 Å². The van der Waals surface area contributed by atoms with Gasteiger partial charge in [-0.3, -0.25) is 4.79 Å². The van der Waals surface area contributed by atoms with Crippen LogP contribution in [0.2, 0.25) is 0 Å². The van der Waals surface area contributed by atoms with E-state index in [4.69, 9.17) is 0 Å². The average Bonchev–Trinajstić information content (AvgIpc) is 2.98. The first-order valence-electron chi connectivity index (χ1n) is 7.84. The van der Waals surface area contributed by atoms with E-state index in [2.05, 4.69) is 24.4 Å². The van der Waals surface area contributed by atoms with Gasteiger partial charge in [-0.2, -0.15) is 0 Å². The predicted octanol–water partition coefficient (Wildman–Crippen LogP) is 2.61. The van der Waals surface area contributed by atoms with Gasteiger partial charge in [0.1, 0.15) is 0 Å². The molecule has 110 valence electrons. The minimum atomic E-state index is 0.296. The molecule has 0 saturated carbocycles. The fourth-order valence-corrected chi connectivity index (χ4v) is 2.82. The second kappa shape index (κ2) is 8.05. The number of benzene rings is 1. The van der Waals surface area contributed by atoms with Crippen molar-refractivity contribution in [3.05, 3.63) is 35.9 Å². The first kappa shape index (κ1) is 15.0. The molecule has 1 heterocycles. The molecular formula is C17H26N2O. The standard InChI is InChI=1S/C17H26N2O/c1-2-13-19(14-16-9-6-12-18-16)17(20)11-10-15-7-4-3-5-8-15/h3-5,7-8,16,18H,2,6,9-14H2,1H3. The molecule has 1 N–H and O–H groups in total. The van der Waals surface area contributed by atoms with Crippen LogP contribution in [0.5, 0.6) is 0 Å². The van der Waals surface area contributed by atoms with E-state index in [1.165, 1.54) is 18.4 Å². The largest absolute Gasteiger partial charge is 0.341 e. The quantitative estimate of drug-likeness (QED) is 0.829. The van der Waals surface area contributed by atoms with Gasteiger partial charge in [0.25, 0.3) is 0 Å². The summed E-state index contributed by atoms with van der Waals surface area (Å²) in [4.78, 5) is 14.4. The molecular weight excluding hydrogens is 248 g/mol. The summed E-state index contributed by atoms with van der Waals surface area (Å²) < 4.78 is 0. The lowest BCUT2D eigenvalue weighted by atomic mass is 10.1. The van der Waals surface area contributed by atoms with E-state index in [-0.39, 0.29) is 0 Å². The molecule has 1 aromatic rings. The molecule has 1 aromatic carbocycles. The van der Waals surface area contributed by atoms with Gasteiger partial charge < -0.3 is 10.2 Å². The van der Waals surface area contributed by atoms with Gasteiger partial charge in [0.05, 0.1) is 0 Å². The highest BCUT2D eigenvalue weighted by Gasteiger charge is 2.20. The molecule has 0 aromatic heterocycles. The third-order valence-electron chi connectivity index (χ3n) is 3.92. The molecule has 0 radical (unpaired) electrons. The molecule has 1 amide bonds. The van der Waals surface area contributed by atoms with Crippen LogP contribution in [0.4, 0.5) is 0 Å². The maximum Gasteiger partial charge on any atom is 0.222 e. The van der Waals surface area contributed by atoms with E-state index >= 15 is 0 Å². The smallest absolute Gasteiger partial charge is 0.222 e. The zero-order valence-electron chi connectivity index (χ0n) is 12.5. The molecule has 3 heteroatoms. The van der Waals surface area contributed by atoms with E-state index in [1.807, 2.05) is 23.1 Å². The van der Waals surface area contributed by atoms with Crippen LogP contribution in [0.1, 0.15) is 38.2 Å². The van der Waals surface area contributed by atoms with Crippen LogP contribution in [0.3, 0.4) is 0 Å². The predicted molar refractivity (Wildman–Crippen MR) is 82.7 cm³/mol. The second-order valence-electron chi connectivity index (χ2n) is 5.62. The summed E-state index contributed by atoms with van der Waals surface area (Å²) in [6.45, 7) is 5.00. The van der Waals surface area contributed by atoms with Gasteiger partial charge >= 0.3 is 0 Å². The summed E-state index contributed by atoms with van der Waals surface area (Å²) in [6, 6.07) is 10.8. The summed E-state index contributed by atoms with van der Waals surface area (Å²) >= 11 is 0. The molecule has 2 rings (SSSR count). The van der Waals surface area contributed by atoms with Crippen molar-refractivity contribution in [1.82, 2.24) is 10.2 Å². The highest BCUT2D eigenvalue weighted by molar-refractivity contribution is 5.76. The van der Waals surface area contributed by atoms with Crippen molar-refractivity contribution in [2.24, 2.45) is 0 Å². The van der Waals surface area contributed by atoms with Crippen LogP contribution >= 0.6 is 0 Å². The minimum absolute atomic E-state index is 0.296. The number of carbonyl (C=O) groups is 1. The Kier molecular flexibility index (Phi) is 6.06. The summed E-state index contributed by atoms with van der Waals surface area (Å²) in [6.07, 6.45) is 4.94. The number of amides is 1. The summed E-state index contributed by atoms with van der Waals surface area (Å²) in [7, 11) is 0. The Morgan fingerprint density at radius 1 is 1.35 bits per heavy atom. The van der Waals surface area contributed by atoms with Crippen molar-refractivity contribution < 1.29 is 4.79 Å². The molecule has 0 bridgehead atoms. The third-order valence-corrected chi connectivity index (χ3v) is 3.92. The minimum Gasteiger partial charge on any atom is -0.341 e. The van der Waals surface area contributed by atoms with Gasteiger partial charge in [-0.05, 0) is 37.8 Å². The molecule has 1 fully saturated rings. The highest BCUT2D eigenvalue weighted by atomic mass is 16.2. The van der Waals surface area contributed by atoms with Gasteiger partial charge in [-0.25, -0.2) is 0 Å².